The summed E-state index contributed by atoms with van der Waals surface area (Å²) >= 11 is 0. The van der Waals surface area contributed by atoms with Crippen molar-refractivity contribution in [3.05, 3.63) is 56.2 Å². The number of hydrogen-bond acceptors (Lipinski definition) is 4. The topological polar surface area (TPSA) is 68.9 Å². The number of anilines is 1. The Bertz CT molecular complexity index is 775. The van der Waals surface area contributed by atoms with Crippen LogP contribution in [0.3, 0.4) is 0 Å². The maximum Gasteiger partial charge on any atom is 0.346 e. The van der Waals surface area contributed by atoms with E-state index in [-0.39, 0.29) is 11.4 Å². The van der Waals surface area contributed by atoms with Gasteiger partial charge in [0.1, 0.15) is 0 Å². The zero-order valence-corrected chi connectivity index (χ0v) is 11.5. The van der Waals surface area contributed by atoms with Crippen LogP contribution in [0.2, 0.25) is 0 Å². The van der Waals surface area contributed by atoms with Crippen molar-refractivity contribution in [3.8, 4) is 0 Å². The fourth-order valence-corrected chi connectivity index (χ4v) is 2.57. The number of nitrogens with one attached hydrogen (secondary N) is 1. The third-order valence-electron chi connectivity index (χ3n) is 3.80. The highest BCUT2D eigenvalue weighted by atomic mass is 16.2. The predicted octanol–water partition coefficient (Wildman–Crippen LogP) is 0.231. The molecule has 0 saturated carbocycles. The van der Waals surface area contributed by atoms with Crippen molar-refractivity contribution >= 4 is 5.82 Å². The van der Waals surface area contributed by atoms with E-state index in [2.05, 4.69) is 22.5 Å². The lowest BCUT2D eigenvalue weighted by atomic mass is 9.78. The van der Waals surface area contributed by atoms with Crippen LogP contribution in [0.5, 0.6) is 0 Å². The minimum Gasteiger partial charge on any atom is -0.363 e. The number of hydrogen-bond donors (Lipinski definition) is 1. The average molecular weight is 272 g/mol. The Morgan fingerprint density at radius 1 is 1.30 bits per heavy atom. The molecule has 0 saturated heterocycles. The van der Waals surface area contributed by atoms with Crippen LogP contribution in [-0.2, 0) is 20.5 Å². The average Bonchev–Trinajstić information content (AvgIpc) is 2.43. The zero-order valence-electron chi connectivity index (χ0n) is 11.5. The lowest BCUT2D eigenvalue weighted by Gasteiger charge is -2.30. The molecule has 20 heavy (non-hydrogen) atoms. The van der Waals surface area contributed by atoms with Crippen molar-refractivity contribution in [1.29, 1.82) is 0 Å². The van der Waals surface area contributed by atoms with Gasteiger partial charge >= 0.3 is 5.69 Å². The highest BCUT2D eigenvalue weighted by Gasteiger charge is 2.25. The molecule has 1 heterocycles. The molecule has 6 heteroatoms. The maximum absolute atomic E-state index is 11.9. The maximum atomic E-state index is 11.9. The summed E-state index contributed by atoms with van der Waals surface area (Å²) in [6, 6.07) is 8.29. The summed E-state index contributed by atoms with van der Waals surface area (Å²) in [6.07, 6.45) is 1.01. The van der Waals surface area contributed by atoms with Crippen LogP contribution in [0.25, 0.3) is 0 Å². The van der Waals surface area contributed by atoms with Crippen LogP contribution in [0, 0.1) is 0 Å². The lowest BCUT2D eigenvalue weighted by Crippen LogP contribution is -2.40. The number of fused-ring (bicyclic) bond motifs is 1. The Hall–Kier alpha value is -2.37. The van der Waals surface area contributed by atoms with Crippen molar-refractivity contribution in [3.63, 3.8) is 0 Å². The van der Waals surface area contributed by atoms with E-state index in [4.69, 9.17) is 0 Å². The number of nitrogens with zero attached hydrogens (tertiary/aromatic N) is 3. The molecule has 1 N–H and O–H groups in total. The summed E-state index contributed by atoms with van der Waals surface area (Å²) in [5.41, 5.74) is 1.87. The second kappa shape index (κ2) is 4.63. The molecule has 0 aliphatic heterocycles. The van der Waals surface area contributed by atoms with Gasteiger partial charge in [0.2, 0.25) is 5.82 Å². The molecular weight excluding hydrogens is 256 g/mol. The molecule has 0 fully saturated rings. The van der Waals surface area contributed by atoms with Crippen LogP contribution in [-0.4, -0.2) is 20.9 Å². The number of aromatic nitrogens is 3. The fourth-order valence-electron chi connectivity index (χ4n) is 2.57. The molecule has 6 nitrogen and oxygen atoms in total. The van der Waals surface area contributed by atoms with E-state index in [1.54, 1.807) is 0 Å². The third-order valence-corrected chi connectivity index (χ3v) is 3.80. The first-order valence-electron chi connectivity index (χ1n) is 6.54. The molecule has 1 unspecified atom stereocenters. The van der Waals surface area contributed by atoms with E-state index >= 15 is 0 Å². The van der Waals surface area contributed by atoms with Crippen LogP contribution in [0.15, 0.2) is 33.9 Å². The molecule has 0 radical (unpaired) electrons. The summed E-state index contributed by atoms with van der Waals surface area (Å²) in [5, 5.41) is 7.04. The minimum atomic E-state index is -0.422. The van der Waals surface area contributed by atoms with Gasteiger partial charge in [-0.1, -0.05) is 24.3 Å². The standard InChI is InChI=1S/C14H16N4O2/c1-17-13(19)12(16-18(2)14(17)20)15-8-10-7-9-5-3-4-6-11(9)10/h3-6,10H,7-8H2,1-2H3,(H,15,16). The van der Waals surface area contributed by atoms with Gasteiger partial charge in [0.15, 0.2) is 0 Å². The normalized spacial score (nSPS) is 16.4. The molecule has 1 aromatic heterocycles. The van der Waals surface area contributed by atoms with E-state index in [0.717, 1.165) is 11.0 Å². The number of aryl methyl sites for hydroxylation is 1. The van der Waals surface area contributed by atoms with Crippen molar-refractivity contribution in [2.75, 3.05) is 11.9 Å². The van der Waals surface area contributed by atoms with Crippen LogP contribution >= 0.6 is 0 Å². The molecule has 0 bridgehead atoms. The van der Waals surface area contributed by atoms with Crippen LogP contribution < -0.4 is 16.6 Å². The number of benzene rings is 1. The highest BCUT2D eigenvalue weighted by molar-refractivity contribution is 5.42. The highest BCUT2D eigenvalue weighted by Crippen LogP contribution is 2.34. The van der Waals surface area contributed by atoms with Crippen LogP contribution in [0.1, 0.15) is 17.0 Å². The quantitative estimate of drug-likeness (QED) is 0.868. The van der Waals surface area contributed by atoms with Gasteiger partial charge in [-0.2, -0.15) is 0 Å². The van der Waals surface area contributed by atoms with Crippen molar-refractivity contribution in [2.24, 2.45) is 14.1 Å². The Morgan fingerprint density at radius 3 is 2.80 bits per heavy atom. The Morgan fingerprint density at radius 2 is 2.05 bits per heavy atom. The van der Waals surface area contributed by atoms with Gasteiger partial charge < -0.3 is 5.32 Å². The summed E-state index contributed by atoms with van der Waals surface area (Å²) in [5.74, 6) is 0.619. The molecule has 104 valence electrons. The molecule has 0 spiro atoms. The summed E-state index contributed by atoms with van der Waals surface area (Å²) in [6.45, 7) is 0.650. The molecule has 1 aromatic carbocycles. The summed E-state index contributed by atoms with van der Waals surface area (Å²) in [4.78, 5) is 23.5. The van der Waals surface area contributed by atoms with Gasteiger partial charge in [0.05, 0.1) is 0 Å². The second-order valence-corrected chi connectivity index (χ2v) is 5.10. The summed E-state index contributed by atoms with van der Waals surface area (Å²) < 4.78 is 2.22. The largest absolute Gasteiger partial charge is 0.363 e. The Kier molecular flexibility index (Phi) is 2.93. The molecule has 3 rings (SSSR count). The van der Waals surface area contributed by atoms with Gasteiger partial charge in [-0.25, -0.2) is 9.48 Å². The fraction of sp³-hybridized carbons (Fsp3) is 0.357. The van der Waals surface area contributed by atoms with E-state index in [1.807, 2.05) is 12.1 Å². The molecule has 0 amide bonds. The monoisotopic (exact) mass is 272 g/mol. The first-order chi connectivity index (χ1) is 9.58. The zero-order chi connectivity index (χ0) is 14.3. The van der Waals surface area contributed by atoms with E-state index < -0.39 is 5.69 Å². The second-order valence-electron chi connectivity index (χ2n) is 5.10. The van der Waals surface area contributed by atoms with Crippen molar-refractivity contribution < 1.29 is 0 Å². The molecule has 1 aliphatic rings. The van der Waals surface area contributed by atoms with Gasteiger partial charge in [-0.3, -0.25) is 9.36 Å². The molecular formula is C14H16N4O2. The first kappa shape index (κ1) is 12.7. The lowest BCUT2D eigenvalue weighted by molar-refractivity contribution is 0.593. The Labute approximate surface area is 115 Å². The molecule has 1 aliphatic carbocycles. The van der Waals surface area contributed by atoms with E-state index in [9.17, 15) is 9.59 Å². The smallest absolute Gasteiger partial charge is 0.346 e. The Balaban J connectivity index is 1.78. The molecule has 1 atom stereocenters. The van der Waals surface area contributed by atoms with Gasteiger partial charge in [0.25, 0.3) is 5.56 Å². The molecule has 2 aromatic rings. The van der Waals surface area contributed by atoms with Crippen molar-refractivity contribution in [2.45, 2.75) is 12.3 Å². The van der Waals surface area contributed by atoms with E-state index in [1.165, 1.54) is 29.9 Å². The summed E-state index contributed by atoms with van der Waals surface area (Å²) in [7, 11) is 2.99. The van der Waals surface area contributed by atoms with Gasteiger partial charge in [0, 0.05) is 26.6 Å². The van der Waals surface area contributed by atoms with Gasteiger partial charge in [-0.15, -0.1) is 5.10 Å². The predicted molar refractivity (Wildman–Crippen MR) is 76.1 cm³/mol. The van der Waals surface area contributed by atoms with Crippen molar-refractivity contribution in [1.82, 2.24) is 14.3 Å². The van der Waals surface area contributed by atoms with Gasteiger partial charge in [-0.05, 0) is 17.5 Å². The number of rotatable bonds is 3. The minimum absolute atomic E-state index is 0.221. The van der Waals surface area contributed by atoms with Crippen LogP contribution in [0.4, 0.5) is 5.82 Å². The first-order valence-corrected chi connectivity index (χ1v) is 6.54. The van der Waals surface area contributed by atoms with E-state index in [0.29, 0.717) is 12.5 Å². The SMILES string of the molecule is Cn1nc(NCC2Cc3ccccc32)c(=O)n(C)c1=O. The third kappa shape index (κ3) is 1.93.